The first kappa shape index (κ1) is 9.01. The SMILES string of the molecule is CCC1(CNC)CCC(C)N1.[HH]. The van der Waals surface area contributed by atoms with Crippen LogP contribution >= 0.6 is 0 Å². The molecular formula is C9H22N2. The molecule has 0 bridgehead atoms. The molecule has 0 aliphatic carbocycles. The van der Waals surface area contributed by atoms with Crippen molar-refractivity contribution in [1.29, 1.82) is 0 Å². The fourth-order valence-corrected chi connectivity index (χ4v) is 2.04. The molecule has 0 saturated carbocycles. The van der Waals surface area contributed by atoms with Gasteiger partial charge in [0.1, 0.15) is 0 Å². The molecule has 0 aromatic carbocycles. The van der Waals surface area contributed by atoms with Crippen LogP contribution in [0.5, 0.6) is 0 Å². The van der Waals surface area contributed by atoms with Gasteiger partial charge in [-0.1, -0.05) is 6.92 Å². The van der Waals surface area contributed by atoms with Crippen LogP contribution in [0.4, 0.5) is 0 Å². The van der Waals surface area contributed by atoms with E-state index in [9.17, 15) is 0 Å². The molecule has 0 spiro atoms. The van der Waals surface area contributed by atoms with Gasteiger partial charge < -0.3 is 10.6 Å². The van der Waals surface area contributed by atoms with Gasteiger partial charge in [0.05, 0.1) is 0 Å². The van der Waals surface area contributed by atoms with Crippen LogP contribution in [-0.2, 0) is 0 Å². The molecule has 1 saturated heterocycles. The molecule has 0 aromatic heterocycles. The topological polar surface area (TPSA) is 24.1 Å². The number of hydrogen-bond acceptors (Lipinski definition) is 2. The van der Waals surface area contributed by atoms with E-state index in [2.05, 4.69) is 24.5 Å². The van der Waals surface area contributed by atoms with E-state index in [-0.39, 0.29) is 1.43 Å². The van der Waals surface area contributed by atoms with E-state index in [4.69, 9.17) is 0 Å². The lowest BCUT2D eigenvalue weighted by atomic mass is 9.94. The Morgan fingerprint density at radius 1 is 1.73 bits per heavy atom. The molecule has 0 amide bonds. The zero-order valence-electron chi connectivity index (χ0n) is 7.91. The maximum absolute atomic E-state index is 3.66. The second-order valence-electron chi connectivity index (χ2n) is 3.75. The molecule has 2 atom stereocenters. The van der Waals surface area contributed by atoms with Crippen LogP contribution in [0.3, 0.4) is 0 Å². The number of rotatable bonds is 3. The predicted molar refractivity (Wildman–Crippen MR) is 50.9 cm³/mol. The smallest absolute Gasteiger partial charge is 0.0306 e. The van der Waals surface area contributed by atoms with Crippen molar-refractivity contribution < 1.29 is 1.43 Å². The minimum atomic E-state index is 0. The van der Waals surface area contributed by atoms with E-state index in [1.54, 1.807) is 0 Å². The van der Waals surface area contributed by atoms with Crippen LogP contribution < -0.4 is 10.6 Å². The van der Waals surface area contributed by atoms with Gasteiger partial charge in [-0.15, -0.1) is 0 Å². The van der Waals surface area contributed by atoms with Gasteiger partial charge in [-0.2, -0.15) is 0 Å². The Kier molecular flexibility index (Phi) is 2.90. The highest BCUT2D eigenvalue weighted by Gasteiger charge is 2.33. The third-order valence-corrected chi connectivity index (χ3v) is 2.80. The van der Waals surface area contributed by atoms with Gasteiger partial charge in [0.2, 0.25) is 0 Å². The summed E-state index contributed by atoms with van der Waals surface area (Å²) in [6, 6.07) is 0.711. The van der Waals surface area contributed by atoms with Crippen LogP contribution in [0, 0.1) is 0 Å². The van der Waals surface area contributed by atoms with E-state index in [1.165, 1.54) is 19.3 Å². The Bertz CT molecular complexity index is 126. The van der Waals surface area contributed by atoms with Gasteiger partial charge in [-0.25, -0.2) is 0 Å². The van der Waals surface area contributed by atoms with E-state index in [1.807, 2.05) is 7.05 Å². The third kappa shape index (κ3) is 1.94. The fraction of sp³-hybridized carbons (Fsp3) is 1.00. The van der Waals surface area contributed by atoms with E-state index < -0.39 is 0 Å². The average Bonchev–Trinajstić information content (AvgIpc) is 2.34. The first-order chi connectivity index (χ1) is 5.22. The molecule has 1 heterocycles. The highest BCUT2D eigenvalue weighted by molar-refractivity contribution is 4.96. The normalized spacial score (nSPS) is 37.9. The van der Waals surface area contributed by atoms with Crippen LogP contribution in [0.2, 0.25) is 0 Å². The molecule has 0 radical (unpaired) electrons. The summed E-state index contributed by atoms with van der Waals surface area (Å²) in [5, 5.41) is 6.91. The number of likely N-dealkylation sites (N-methyl/N-ethyl adjacent to an activating group) is 1. The summed E-state index contributed by atoms with van der Waals surface area (Å²) >= 11 is 0. The highest BCUT2D eigenvalue weighted by Crippen LogP contribution is 2.25. The molecule has 2 heteroatoms. The maximum atomic E-state index is 3.66. The summed E-state index contributed by atoms with van der Waals surface area (Å²) in [7, 11) is 2.03. The maximum Gasteiger partial charge on any atom is 0.0306 e. The molecule has 1 aliphatic rings. The Hall–Kier alpha value is -0.0800. The summed E-state index contributed by atoms with van der Waals surface area (Å²) in [5.41, 5.74) is 0.397. The summed E-state index contributed by atoms with van der Waals surface area (Å²) in [5.74, 6) is 0. The summed E-state index contributed by atoms with van der Waals surface area (Å²) in [6.45, 7) is 5.64. The van der Waals surface area contributed by atoms with Crippen molar-refractivity contribution >= 4 is 0 Å². The van der Waals surface area contributed by atoms with Crippen molar-refractivity contribution in [3.8, 4) is 0 Å². The van der Waals surface area contributed by atoms with Gasteiger partial charge in [0.25, 0.3) is 0 Å². The predicted octanol–water partition coefficient (Wildman–Crippen LogP) is 1.37. The van der Waals surface area contributed by atoms with Gasteiger partial charge >= 0.3 is 0 Å². The molecule has 2 unspecified atom stereocenters. The van der Waals surface area contributed by atoms with E-state index in [0.717, 1.165) is 6.54 Å². The zero-order valence-corrected chi connectivity index (χ0v) is 7.91. The summed E-state index contributed by atoms with van der Waals surface area (Å²) in [6.07, 6.45) is 3.89. The lowest BCUT2D eigenvalue weighted by Crippen LogP contribution is -2.48. The second kappa shape index (κ2) is 3.55. The highest BCUT2D eigenvalue weighted by atomic mass is 15.1. The minimum Gasteiger partial charge on any atom is -0.318 e. The Morgan fingerprint density at radius 3 is 2.82 bits per heavy atom. The Balaban J connectivity index is 0.00000121. The molecule has 68 valence electrons. The van der Waals surface area contributed by atoms with Crippen molar-refractivity contribution in [2.75, 3.05) is 13.6 Å². The molecule has 1 fully saturated rings. The molecule has 2 nitrogen and oxygen atoms in total. The molecule has 11 heavy (non-hydrogen) atoms. The van der Waals surface area contributed by atoms with E-state index >= 15 is 0 Å². The van der Waals surface area contributed by atoms with E-state index in [0.29, 0.717) is 11.6 Å². The lowest BCUT2D eigenvalue weighted by molar-refractivity contribution is 0.338. The Morgan fingerprint density at radius 2 is 2.45 bits per heavy atom. The molecular weight excluding hydrogens is 136 g/mol. The first-order valence-electron chi connectivity index (χ1n) is 4.65. The number of nitrogens with one attached hydrogen (secondary N) is 2. The van der Waals surface area contributed by atoms with Gasteiger partial charge in [0.15, 0.2) is 0 Å². The summed E-state index contributed by atoms with van der Waals surface area (Å²) < 4.78 is 0. The van der Waals surface area contributed by atoms with Crippen molar-refractivity contribution in [3.63, 3.8) is 0 Å². The Labute approximate surface area is 71.2 Å². The summed E-state index contributed by atoms with van der Waals surface area (Å²) in [4.78, 5) is 0. The largest absolute Gasteiger partial charge is 0.318 e. The number of hydrogen-bond donors (Lipinski definition) is 2. The second-order valence-corrected chi connectivity index (χ2v) is 3.75. The van der Waals surface area contributed by atoms with Crippen LogP contribution in [-0.4, -0.2) is 25.2 Å². The van der Waals surface area contributed by atoms with Crippen molar-refractivity contribution in [1.82, 2.24) is 10.6 Å². The zero-order chi connectivity index (χ0) is 8.32. The van der Waals surface area contributed by atoms with Crippen molar-refractivity contribution in [3.05, 3.63) is 0 Å². The third-order valence-electron chi connectivity index (χ3n) is 2.80. The van der Waals surface area contributed by atoms with Gasteiger partial charge in [0, 0.05) is 19.6 Å². The van der Waals surface area contributed by atoms with Crippen molar-refractivity contribution in [2.45, 2.75) is 44.7 Å². The minimum absolute atomic E-state index is 0. The molecule has 1 rings (SSSR count). The quantitative estimate of drug-likeness (QED) is 0.648. The monoisotopic (exact) mass is 158 g/mol. The first-order valence-corrected chi connectivity index (χ1v) is 4.65. The fourth-order valence-electron chi connectivity index (χ4n) is 2.04. The standard InChI is InChI=1S/C9H20N2.H2/c1-4-9(7-10-3)6-5-8(2)11-9;/h8,10-11H,4-7H2,1-3H3;1H. The molecule has 0 aromatic rings. The van der Waals surface area contributed by atoms with Crippen molar-refractivity contribution in [2.24, 2.45) is 0 Å². The average molecular weight is 158 g/mol. The molecule has 2 N–H and O–H groups in total. The van der Waals surface area contributed by atoms with Crippen LogP contribution in [0.25, 0.3) is 0 Å². The van der Waals surface area contributed by atoms with Gasteiger partial charge in [-0.05, 0) is 33.2 Å². The molecule has 1 aliphatic heterocycles. The van der Waals surface area contributed by atoms with Crippen LogP contribution in [0.15, 0.2) is 0 Å². The van der Waals surface area contributed by atoms with Crippen LogP contribution in [0.1, 0.15) is 34.5 Å². The van der Waals surface area contributed by atoms with Gasteiger partial charge in [-0.3, -0.25) is 0 Å². The lowest BCUT2D eigenvalue weighted by Gasteiger charge is -2.28.